The van der Waals surface area contributed by atoms with Gasteiger partial charge < -0.3 is 5.32 Å². The second-order valence-electron chi connectivity index (χ2n) is 6.33. The number of nitrogens with one attached hydrogen (secondary N) is 1. The average Bonchev–Trinajstić information content (AvgIpc) is 3.12. The van der Waals surface area contributed by atoms with Gasteiger partial charge in [-0.3, -0.25) is 0 Å². The van der Waals surface area contributed by atoms with Crippen LogP contribution >= 0.6 is 0 Å². The van der Waals surface area contributed by atoms with E-state index < -0.39 is 0 Å². The molecule has 96 valence electrons. The van der Waals surface area contributed by atoms with Gasteiger partial charge in [0.05, 0.1) is 0 Å². The maximum absolute atomic E-state index is 3.65. The zero-order chi connectivity index (χ0) is 11.7. The lowest BCUT2D eigenvalue weighted by molar-refractivity contribution is 0.480. The SMILES string of the molecule is CNC(C1=CCCCCC1)C1C2CCCCC21. The van der Waals surface area contributed by atoms with Gasteiger partial charge in [-0.1, -0.05) is 30.9 Å². The van der Waals surface area contributed by atoms with Crippen molar-refractivity contribution in [2.45, 2.75) is 63.8 Å². The molecule has 0 aromatic heterocycles. The maximum atomic E-state index is 3.65. The van der Waals surface area contributed by atoms with Gasteiger partial charge in [0.25, 0.3) is 0 Å². The van der Waals surface area contributed by atoms with Gasteiger partial charge in [-0.25, -0.2) is 0 Å². The Bertz CT molecular complexity index is 282. The first-order valence-corrected chi connectivity index (χ1v) is 7.78. The lowest BCUT2D eigenvalue weighted by Gasteiger charge is -2.20. The average molecular weight is 233 g/mol. The second kappa shape index (κ2) is 5.14. The molecule has 3 unspecified atom stereocenters. The molecule has 17 heavy (non-hydrogen) atoms. The van der Waals surface area contributed by atoms with Gasteiger partial charge in [-0.2, -0.15) is 0 Å². The molecule has 0 spiro atoms. The minimum Gasteiger partial charge on any atom is -0.313 e. The number of hydrogen-bond acceptors (Lipinski definition) is 1. The Balaban J connectivity index is 1.68. The zero-order valence-corrected chi connectivity index (χ0v) is 11.3. The van der Waals surface area contributed by atoms with Crippen molar-refractivity contribution in [1.29, 1.82) is 0 Å². The summed E-state index contributed by atoms with van der Waals surface area (Å²) in [6.07, 6.45) is 15.6. The molecule has 0 aliphatic heterocycles. The number of allylic oxidation sites excluding steroid dienone is 1. The first kappa shape index (κ1) is 11.8. The van der Waals surface area contributed by atoms with Gasteiger partial charge in [-0.05, 0) is 63.3 Å². The third kappa shape index (κ3) is 2.31. The summed E-state index contributed by atoms with van der Waals surface area (Å²) in [6.45, 7) is 0. The van der Waals surface area contributed by atoms with Crippen LogP contribution in [0.4, 0.5) is 0 Å². The van der Waals surface area contributed by atoms with Gasteiger partial charge in [0.2, 0.25) is 0 Å². The summed E-state index contributed by atoms with van der Waals surface area (Å²) >= 11 is 0. The summed E-state index contributed by atoms with van der Waals surface area (Å²) in [6, 6.07) is 0.723. The Morgan fingerprint density at radius 2 is 1.82 bits per heavy atom. The van der Waals surface area contributed by atoms with Crippen molar-refractivity contribution in [2.24, 2.45) is 17.8 Å². The molecule has 3 rings (SSSR count). The van der Waals surface area contributed by atoms with E-state index in [0.29, 0.717) is 0 Å². The first-order chi connectivity index (χ1) is 8.42. The highest BCUT2D eigenvalue weighted by Gasteiger charge is 2.54. The van der Waals surface area contributed by atoms with Crippen LogP contribution in [-0.2, 0) is 0 Å². The second-order valence-corrected chi connectivity index (χ2v) is 6.33. The van der Waals surface area contributed by atoms with E-state index in [4.69, 9.17) is 0 Å². The van der Waals surface area contributed by atoms with Crippen molar-refractivity contribution in [1.82, 2.24) is 5.32 Å². The van der Waals surface area contributed by atoms with Crippen LogP contribution in [0.1, 0.15) is 57.8 Å². The van der Waals surface area contributed by atoms with Crippen molar-refractivity contribution < 1.29 is 0 Å². The van der Waals surface area contributed by atoms with E-state index in [1.165, 1.54) is 57.8 Å². The smallest absolute Gasteiger partial charge is 0.0310 e. The molecule has 1 heteroatoms. The fourth-order valence-electron chi connectivity index (χ4n) is 4.49. The third-order valence-corrected chi connectivity index (χ3v) is 5.39. The normalized spacial score (nSPS) is 38.9. The van der Waals surface area contributed by atoms with Crippen LogP contribution in [-0.4, -0.2) is 13.1 Å². The third-order valence-electron chi connectivity index (χ3n) is 5.39. The highest BCUT2D eigenvalue weighted by atomic mass is 14.9. The van der Waals surface area contributed by atoms with E-state index in [9.17, 15) is 0 Å². The molecule has 0 bridgehead atoms. The van der Waals surface area contributed by atoms with Crippen LogP contribution in [0.15, 0.2) is 11.6 Å². The van der Waals surface area contributed by atoms with Crippen molar-refractivity contribution >= 4 is 0 Å². The van der Waals surface area contributed by atoms with Gasteiger partial charge in [0.15, 0.2) is 0 Å². The molecule has 1 N–H and O–H groups in total. The maximum Gasteiger partial charge on any atom is 0.0310 e. The summed E-state index contributed by atoms with van der Waals surface area (Å²) in [7, 11) is 2.18. The van der Waals surface area contributed by atoms with E-state index >= 15 is 0 Å². The topological polar surface area (TPSA) is 12.0 Å². The monoisotopic (exact) mass is 233 g/mol. The summed E-state index contributed by atoms with van der Waals surface area (Å²) in [4.78, 5) is 0. The largest absolute Gasteiger partial charge is 0.313 e. The molecule has 0 saturated heterocycles. The predicted molar refractivity (Wildman–Crippen MR) is 73.0 cm³/mol. The van der Waals surface area contributed by atoms with E-state index in [1.54, 1.807) is 5.57 Å². The first-order valence-electron chi connectivity index (χ1n) is 7.78. The van der Waals surface area contributed by atoms with Crippen molar-refractivity contribution in [3.63, 3.8) is 0 Å². The Morgan fingerprint density at radius 1 is 1.06 bits per heavy atom. The van der Waals surface area contributed by atoms with E-state index in [2.05, 4.69) is 18.4 Å². The summed E-state index contributed by atoms with van der Waals surface area (Å²) < 4.78 is 0. The molecule has 0 amide bonds. The highest BCUT2D eigenvalue weighted by molar-refractivity contribution is 5.20. The lowest BCUT2D eigenvalue weighted by atomic mass is 9.96. The molecule has 0 aromatic carbocycles. The van der Waals surface area contributed by atoms with Crippen LogP contribution in [0.2, 0.25) is 0 Å². The van der Waals surface area contributed by atoms with Crippen molar-refractivity contribution in [2.75, 3.05) is 7.05 Å². The molecular weight excluding hydrogens is 206 g/mol. The van der Waals surface area contributed by atoms with Crippen LogP contribution in [0.3, 0.4) is 0 Å². The van der Waals surface area contributed by atoms with E-state index in [-0.39, 0.29) is 0 Å². The summed E-state index contributed by atoms with van der Waals surface area (Å²) in [5.41, 5.74) is 1.75. The van der Waals surface area contributed by atoms with E-state index in [0.717, 1.165) is 23.8 Å². The number of fused-ring (bicyclic) bond motifs is 1. The van der Waals surface area contributed by atoms with Crippen molar-refractivity contribution in [3.05, 3.63) is 11.6 Å². The Labute approximate surface area is 106 Å². The van der Waals surface area contributed by atoms with Gasteiger partial charge >= 0.3 is 0 Å². The molecule has 3 aliphatic rings. The molecular formula is C16H27N. The summed E-state index contributed by atoms with van der Waals surface area (Å²) in [5.74, 6) is 3.14. The molecule has 0 radical (unpaired) electrons. The quantitative estimate of drug-likeness (QED) is 0.729. The van der Waals surface area contributed by atoms with Crippen molar-refractivity contribution in [3.8, 4) is 0 Å². The number of rotatable bonds is 3. The van der Waals surface area contributed by atoms with Gasteiger partial charge in [-0.15, -0.1) is 0 Å². The number of hydrogen-bond donors (Lipinski definition) is 1. The molecule has 3 aliphatic carbocycles. The minimum atomic E-state index is 0.723. The lowest BCUT2D eigenvalue weighted by Crippen LogP contribution is -2.31. The van der Waals surface area contributed by atoms with Crippen LogP contribution < -0.4 is 5.32 Å². The Hall–Kier alpha value is -0.300. The zero-order valence-electron chi connectivity index (χ0n) is 11.3. The molecule has 0 aromatic rings. The fourth-order valence-corrected chi connectivity index (χ4v) is 4.49. The Morgan fingerprint density at radius 3 is 2.53 bits per heavy atom. The Kier molecular flexibility index (Phi) is 3.56. The molecule has 0 heterocycles. The fraction of sp³-hybridized carbons (Fsp3) is 0.875. The molecule has 2 fully saturated rings. The summed E-state index contributed by atoms with van der Waals surface area (Å²) in [5, 5.41) is 3.65. The molecule has 1 nitrogen and oxygen atoms in total. The number of likely N-dealkylation sites (N-methyl/N-ethyl adjacent to an activating group) is 1. The van der Waals surface area contributed by atoms with Crippen LogP contribution in [0.25, 0.3) is 0 Å². The molecule has 2 saturated carbocycles. The van der Waals surface area contributed by atoms with Gasteiger partial charge in [0.1, 0.15) is 0 Å². The van der Waals surface area contributed by atoms with Crippen LogP contribution in [0.5, 0.6) is 0 Å². The highest BCUT2D eigenvalue weighted by Crippen LogP contribution is 2.58. The van der Waals surface area contributed by atoms with Crippen LogP contribution in [0, 0.1) is 17.8 Å². The minimum absolute atomic E-state index is 0.723. The van der Waals surface area contributed by atoms with E-state index in [1.807, 2.05) is 0 Å². The standard InChI is InChI=1S/C16H27N/c1-17-16(12-8-4-2-3-5-9-12)15-13-10-6-7-11-14(13)15/h8,13-17H,2-7,9-11H2,1H3. The molecule has 3 atom stereocenters. The predicted octanol–water partition coefficient (Wildman–Crippen LogP) is 3.90. The van der Waals surface area contributed by atoms with Gasteiger partial charge in [0, 0.05) is 6.04 Å².